The van der Waals surface area contributed by atoms with Gasteiger partial charge in [0.1, 0.15) is 11.6 Å². The van der Waals surface area contributed by atoms with Gasteiger partial charge in [0.25, 0.3) is 5.91 Å². The van der Waals surface area contributed by atoms with E-state index >= 15 is 0 Å². The van der Waals surface area contributed by atoms with Crippen LogP contribution >= 0.6 is 0 Å². The van der Waals surface area contributed by atoms with Crippen LogP contribution in [0.25, 0.3) is 0 Å². The first kappa shape index (κ1) is 14.9. The summed E-state index contributed by atoms with van der Waals surface area (Å²) in [6, 6.07) is 0.225. The summed E-state index contributed by atoms with van der Waals surface area (Å²) in [4.78, 5) is 37.5. The molecule has 0 aliphatic rings. The molecule has 0 unspecified atom stereocenters. The van der Waals surface area contributed by atoms with Crippen LogP contribution < -0.4 is 10.7 Å². The summed E-state index contributed by atoms with van der Waals surface area (Å²) in [6.07, 6.45) is 1.29. The van der Waals surface area contributed by atoms with Crippen LogP contribution in [0, 0.1) is 12.3 Å². The van der Waals surface area contributed by atoms with Gasteiger partial charge >= 0.3 is 5.97 Å². The van der Waals surface area contributed by atoms with Crippen molar-refractivity contribution < 1.29 is 14.7 Å². The third kappa shape index (κ3) is 3.67. The number of aryl methyl sites for hydroxylation is 1. The zero-order valence-electron chi connectivity index (χ0n) is 11.4. The Bertz CT molecular complexity index is 554. The summed E-state index contributed by atoms with van der Waals surface area (Å²) >= 11 is 0. The van der Waals surface area contributed by atoms with Crippen LogP contribution in [0.15, 0.2) is 17.1 Å². The van der Waals surface area contributed by atoms with Crippen molar-refractivity contribution in [1.82, 2.24) is 10.3 Å². The summed E-state index contributed by atoms with van der Waals surface area (Å²) < 4.78 is 0. The third-order valence-corrected chi connectivity index (χ3v) is 2.69. The molecule has 0 saturated heterocycles. The smallest absolute Gasteiger partial charge is 0.326 e. The number of carbonyl (C=O) groups is 2. The minimum absolute atomic E-state index is 0.0962. The number of H-pyrrole nitrogens is 1. The fourth-order valence-corrected chi connectivity index (χ4v) is 1.61. The SMILES string of the molecule is Cc1cc(=O)c(C(=O)N[C@@H](C(=O)O)C(C)(C)C)c[nH]1. The molecule has 0 spiro atoms. The Morgan fingerprint density at radius 1 is 1.37 bits per heavy atom. The molecule has 0 aliphatic heterocycles. The Hall–Kier alpha value is -2.11. The summed E-state index contributed by atoms with van der Waals surface area (Å²) in [6.45, 7) is 6.79. The van der Waals surface area contributed by atoms with Crippen molar-refractivity contribution in [3.8, 4) is 0 Å². The van der Waals surface area contributed by atoms with E-state index in [0.717, 1.165) is 0 Å². The second-order valence-corrected chi connectivity index (χ2v) is 5.50. The van der Waals surface area contributed by atoms with E-state index in [1.165, 1.54) is 12.3 Å². The molecule has 104 valence electrons. The van der Waals surface area contributed by atoms with Crippen molar-refractivity contribution in [2.45, 2.75) is 33.7 Å². The van der Waals surface area contributed by atoms with E-state index in [1.807, 2.05) is 0 Å². The number of pyridine rings is 1. The topological polar surface area (TPSA) is 99.3 Å². The standard InChI is InChI=1S/C13H18N2O4/c1-7-5-9(16)8(6-14-7)11(17)15-10(12(18)19)13(2,3)4/h5-6,10H,1-4H3,(H,14,16)(H,15,17)(H,18,19)/t10-/m0/s1. The van der Waals surface area contributed by atoms with Gasteiger partial charge in [-0.1, -0.05) is 20.8 Å². The number of rotatable bonds is 3. The van der Waals surface area contributed by atoms with E-state index in [2.05, 4.69) is 10.3 Å². The highest BCUT2D eigenvalue weighted by Gasteiger charge is 2.33. The molecule has 0 bridgehead atoms. The molecule has 1 atom stereocenters. The first-order valence-corrected chi connectivity index (χ1v) is 5.86. The number of aromatic nitrogens is 1. The predicted molar refractivity (Wildman–Crippen MR) is 70.1 cm³/mol. The zero-order chi connectivity index (χ0) is 14.8. The van der Waals surface area contributed by atoms with Gasteiger partial charge in [-0.25, -0.2) is 4.79 Å². The van der Waals surface area contributed by atoms with Crippen LogP contribution in [0.5, 0.6) is 0 Å². The minimum atomic E-state index is -1.13. The Morgan fingerprint density at radius 3 is 2.37 bits per heavy atom. The lowest BCUT2D eigenvalue weighted by Gasteiger charge is -2.27. The van der Waals surface area contributed by atoms with E-state index in [0.29, 0.717) is 5.69 Å². The molecule has 6 nitrogen and oxygen atoms in total. The lowest BCUT2D eigenvalue weighted by molar-refractivity contribution is -0.142. The summed E-state index contributed by atoms with van der Waals surface area (Å²) in [7, 11) is 0. The number of aliphatic carboxylic acids is 1. The molecule has 0 fully saturated rings. The van der Waals surface area contributed by atoms with Gasteiger partial charge in [0.05, 0.1) is 0 Å². The third-order valence-electron chi connectivity index (χ3n) is 2.69. The Morgan fingerprint density at radius 2 is 1.95 bits per heavy atom. The summed E-state index contributed by atoms with van der Waals surface area (Å²) in [5, 5.41) is 11.5. The molecular formula is C13H18N2O4. The maximum absolute atomic E-state index is 11.9. The van der Waals surface area contributed by atoms with Crippen molar-refractivity contribution >= 4 is 11.9 Å². The van der Waals surface area contributed by atoms with Crippen LogP contribution in [0.3, 0.4) is 0 Å². The van der Waals surface area contributed by atoms with Gasteiger partial charge in [-0.2, -0.15) is 0 Å². The Labute approximate surface area is 110 Å². The van der Waals surface area contributed by atoms with Crippen molar-refractivity contribution in [2.24, 2.45) is 5.41 Å². The Kier molecular flexibility index (Phi) is 4.14. The highest BCUT2D eigenvalue weighted by atomic mass is 16.4. The zero-order valence-corrected chi connectivity index (χ0v) is 11.4. The van der Waals surface area contributed by atoms with E-state index in [-0.39, 0.29) is 5.56 Å². The number of hydrogen-bond donors (Lipinski definition) is 3. The fourth-order valence-electron chi connectivity index (χ4n) is 1.61. The number of carboxylic acids is 1. The van der Waals surface area contributed by atoms with Crippen LogP contribution in [0.1, 0.15) is 36.8 Å². The first-order chi connectivity index (χ1) is 8.62. The number of hydrogen-bond acceptors (Lipinski definition) is 3. The van der Waals surface area contributed by atoms with Crippen LogP contribution in [0.4, 0.5) is 0 Å². The highest BCUT2D eigenvalue weighted by Crippen LogP contribution is 2.19. The van der Waals surface area contributed by atoms with E-state index in [9.17, 15) is 14.4 Å². The molecule has 1 rings (SSSR count). The van der Waals surface area contributed by atoms with E-state index in [4.69, 9.17) is 5.11 Å². The number of aromatic amines is 1. The molecule has 3 N–H and O–H groups in total. The largest absolute Gasteiger partial charge is 0.480 e. The van der Waals surface area contributed by atoms with Gasteiger partial charge in [-0.05, 0) is 12.3 Å². The van der Waals surface area contributed by atoms with Crippen molar-refractivity contribution in [1.29, 1.82) is 0 Å². The van der Waals surface area contributed by atoms with Gasteiger partial charge in [0, 0.05) is 18.0 Å². The summed E-state index contributed by atoms with van der Waals surface area (Å²) in [5.41, 5.74) is -0.557. The van der Waals surface area contributed by atoms with Gasteiger partial charge in [-0.3, -0.25) is 9.59 Å². The average molecular weight is 266 g/mol. The fraction of sp³-hybridized carbons (Fsp3) is 0.462. The number of amides is 1. The van der Waals surface area contributed by atoms with Gasteiger partial charge in [-0.15, -0.1) is 0 Å². The molecule has 19 heavy (non-hydrogen) atoms. The van der Waals surface area contributed by atoms with E-state index < -0.39 is 28.8 Å². The molecule has 1 aromatic heterocycles. The number of carboxylic acid groups (broad SMARTS) is 1. The molecule has 0 aromatic carbocycles. The second-order valence-electron chi connectivity index (χ2n) is 5.50. The van der Waals surface area contributed by atoms with Crippen molar-refractivity contribution in [2.75, 3.05) is 0 Å². The van der Waals surface area contributed by atoms with Gasteiger partial charge in [0.15, 0.2) is 5.43 Å². The first-order valence-electron chi connectivity index (χ1n) is 5.86. The van der Waals surface area contributed by atoms with Crippen LogP contribution in [-0.2, 0) is 4.79 Å². The van der Waals surface area contributed by atoms with E-state index in [1.54, 1.807) is 27.7 Å². The minimum Gasteiger partial charge on any atom is -0.480 e. The molecular weight excluding hydrogens is 248 g/mol. The van der Waals surface area contributed by atoms with Crippen LogP contribution in [-0.4, -0.2) is 28.0 Å². The highest BCUT2D eigenvalue weighted by molar-refractivity contribution is 5.96. The molecule has 1 amide bonds. The molecule has 0 aliphatic carbocycles. The normalized spacial score (nSPS) is 12.8. The van der Waals surface area contributed by atoms with Crippen LogP contribution in [0.2, 0.25) is 0 Å². The molecule has 0 saturated carbocycles. The monoisotopic (exact) mass is 266 g/mol. The Balaban J connectivity index is 3.01. The molecule has 1 heterocycles. The van der Waals surface area contributed by atoms with Crippen molar-refractivity contribution in [3.63, 3.8) is 0 Å². The van der Waals surface area contributed by atoms with Gasteiger partial charge < -0.3 is 15.4 Å². The van der Waals surface area contributed by atoms with Gasteiger partial charge in [0.2, 0.25) is 0 Å². The average Bonchev–Trinajstić information content (AvgIpc) is 2.23. The molecule has 1 aromatic rings. The number of carbonyl (C=O) groups excluding carboxylic acids is 1. The lowest BCUT2D eigenvalue weighted by Crippen LogP contribution is -2.49. The quantitative estimate of drug-likeness (QED) is 0.757. The summed E-state index contributed by atoms with van der Waals surface area (Å²) in [5.74, 6) is -1.83. The predicted octanol–water partition coefficient (Wildman–Crippen LogP) is 0.912. The maximum atomic E-state index is 11.9. The lowest BCUT2D eigenvalue weighted by atomic mass is 9.86. The number of nitrogens with one attached hydrogen (secondary N) is 2. The molecule has 0 radical (unpaired) electrons. The maximum Gasteiger partial charge on any atom is 0.326 e. The second kappa shape index (κ2) is 5.26. The van der Waals surface area contributed by atoms with Crippen molar-refractivity contribution in [3.05, 3.63) is 33.7 Å². The molecule has 6 heteroatoms.